The highest BCUT2D eigenvalue weighted by molar-refractivity contribution is 9.11. The first-order valence-corrected chi connectivity index (χ1v) is 7.72. The van der Waals surface area contributed by atoms with Crippen molar-refractivity contribution in [3.8, 4) is 0 Å². The van der Waals surface area contributed by atoms with Crippen LogP contribution in [-0.4, -0.2) is 25.0 Å². The number of hydrogen-bond donors (Lipinski definition) is 1. The quantitative estimate of drug-likeness (QED) is 0.830. The van der Waals surface area contributed by atoms with Crippen molar-refractivity contribution in [2.75, 3.05) is 20.1 Å². The number of rotatable bonds is 7. The highest BCUT2D eigenvalue weighted by Gasteiger charge is 2.15. The summed E-state index contributed by atoms with van der Waals surface area (Å²) in [6, 6.07) is 2.20. The number of halogens is 1. The van der Waals surface area contributed by atoms with Crippen LogP contribution in [0.5, 0.6) is 0 Å². The molecule has 0 radical (unpaired) electrons. The molecule has 1 aromatic heterocycles. The molecule has 0 aliphatic rings. The molecule has 2 nitrogen and oxygen atoms in total. The lowest BCUT2D eigenvalue weighted by Gasteiger charge is -2.24. The van der Waals surface area contributed by atoms with Crippen LogP contribution in [0.2, 0.25) is 0 Å². The van der Waals surface area contributed by atoms with E-state index in [0.29, 0.717) is 0 Å². The first kappa shape index (κ1) is 15.2. The molecule has 98 valence electrons. The molecule has 1 rings (SSSR count). The van der Waals surface area contributed by atoms with Crippen molar-refractivity contribution < 1.29 is 0 Å². The first-order valence-electron chi connectivity index (χ1n) is 6.04. The highest BCUT2D eigenvalue weighted by atomic mass is 79.9. The van der Waals surface area contributed by atoms with Crippen LogP contribution in [0.25, 0.3) is 0 Å². The normalized spacial score (nSPS) is 12.4. The molecule has 0 unspecified atom stereocenters. The predicted octanol–water partition coefficient (Wildman–Crippen LogP) is 3.71. The van der Waals surface area contributed by atoms with Crippen LogP contribution in [0.15, 0.2) is 15.2 Å². The van der Waals surface area contributed by atoms with Gasteiger partial charge in [-0.3, -0.25) is 0 Å². The van der Waals surface area contributed by atoms with Gasteiger partial charge in [-0.15, -0.1) is 11.3 Å². The van der Waals surface area contributed by atoms with Gasteiger partial charge in [-0.05, 0) is 71.3 Å². The standard InChI is InChI=1S/C13H23BrN2S/c1-13(2,10-15)5-4-6-16(3)8-11-7-12(14)17-9-11/h7,9H,4-6,8,10,15H2,1-3H3. The molecule has 0 aromatic carbocycles. The minimum Gasteiger partial charge on any atom is -0.330 e. The van der Waals surface area contributed by atoms with E-state index in [2.05, 4.69) is 53.2 Å². The van der Waals surface area contributed by atoms with E-state index in [0.717, 1.165) is 19.6 Å². The third-order valence-electron chi connectivity index (χ3n) is 3.02. The average molecular weight is 319 g/mol. The molecule has 0 atom stereocenters. The Balaban J connectivity index is 2.24. The van der Waals surface area contributed by atoms with Gasteiger partial charge in [0.25, 0.3) is 0 Å². The Labute approximate surface area is 117 Å². The second-order valence-electron chi connectivity index (χ2n) is 5.47. The summed E-state index contributed by atoms with van der Waals surface area (Å²) < 4.78 is 1.21. The van der Waals surface area contributed by atoms with Crippen LogP contribution in [0, 0.1) is 5.41 Å². The van der Waals surface area contributed by atoms with Gasteiger partial charge in [0.2, 0.25) is 0 Å². The fourth-order valence-corrected chi connectivity index (χ4v) is 2.95. The van der Waals surface area contributed by atoms with E-state index in [4.69, 9.17) is 5.73 Å². The van der Waals surface area contributed by atoms with Crippen molar-refractivity contribution in [2.24, 2.45) is 11.1 Å². The Morgan fingerprint density at radius 2 is 2.18 bits per heavy atom. The minimum absolute atomic E-state index is 0.284. The smallest absolute Gasteiger partial charge is 0.0701 e. The maximum absolute atomic E-state index is 5.73. The Hall–Kier alpha value is 0.100. The van der Waals surface area contributed by atoms with Crippen molar-refractivity contribution in [2.45, 2.75) is 33.2 Å². The summed E-state index contributed by atoms with van der Waals surface area (Å²) >= 11 is 5.25. The zero-order chi connectivity index (χ0) is 12.9. The number of nitrogens with zero attached hydrogens (tertiary/aromatic N) is 1. The van der Waals surface area contributed by atoms with Crippen LogP contribution >= 0.6 is 27.3 Å². The molecular weight excluding hydrogens is 296 g/mol. The maximum atomic E-state index is 5.73. The molecule has 0 amide bonds. The first-order chi connectivity index (χ1) is 7.93. The van der Waals surface area contributed by atoms with Crippen molar-refractivity contribution in [1.82, 2.24) is 4.90 Å². The monoisotopic (exact) mass is 318 g/mol. The molecule has 1 heterocycles. The highest BCUT2D eigenvalue weighted by Crippen LogP contribution is 2.22. The minimum atomic E-state index is 0.284. The number of hydrogen-bond acceptors (Lipinski definition) is 3. The second-order valence-corrected chi connectivity index (χ2v) is 7.76. The van der Waals surface area contributed by atoms with E-state index in [-0.39, 0.29) is 5.41 Å². The van der Waals surface area contributed by atoms with E-state index in [1.807, 2.05) is 0 Å². The summed E-state index contributed by atoms with van der Waals surface area (Å²) in [4.78, 5) is 2.38. The Kier molecular flexibility index (Phi) is 6.13. The number of nitrogens with two attached hydrogens (primary N) is 1. The summed E-state index contributed by atoms with van der Waals surface area (Å²) in [6.07, 6.45) is 2.41. The molecule has 0 aliphatic heterocycles. The summed E-state index contributed by atoms with van der Waals surface area (Å²) in [5.41, 5.74) is 7.41. The van der Waals surface area contributed by atoms with Crippen LogP contribution in [0.3, 0.4) is 0 Å². The largest absolute Gasteiger partial charge is 0.330 e. The molecule has 2 N–H and O–H groups in total. The lowest BCUT2D eigenvalue weighted by molar-refractivity contribution is 0.273. The van der Waals surface area contributed by atoms with Gasteiger partial charge in [-0.25, -0.2) is 0 Å². The van der Waals surface area contributed by atoms with Crippen molar-refractivity contribution in [3.63, 3.8) is 0 Å². The summed E-state index contributed by atoms with van der Waals surface area (Å²) in [5.74, 6) is 0. The molecule has 0 aliphatic carbocycles. The van der Waals surface area contributed by atoms with Gasteiger partial charge < -0.3 is 10.6 Å². The fourth-order valence-electron chi connectivity index (χ4n) is 1.75. The summed E-state index contributed by atoms with van der Waals surface area (Å²) in [7, 11) is 2.18. The third kappa shape index (κ3) is 6.00. The molecule has 4 heteroatoms. The molecule has 0 bridgehead atoms. The molecule has 17 heavy (non-hydrogen) atoms. The van der Waals surface area contributed by atoms with Gasteiger partial charge in [0.05, 0.1) is 3.79 Å². The SMILES string of the molecule is CN(CCCC(C)(C)CN)Cc1csc(Br)c1. The zero-order valence-electron chi connectivity index (χ0n) is 11.0. The van der Waals surface area contributed by atoms with Crippen LogP contribution in [0.4, 0.5) is 0 Å². The lowest BCUT2D eigenvalue weighted by atomic mass is 9.88. The van der Waals surface area contributed by atoms with Crippen LogP contribution in [-0.2, 0) is 6.54 Å². The molecule has 1 aromatic rings. The zero-order valence-corrected chi connectivity index (χ0v) is 13.4. The van der Waals surface area contributed by atoms with E-state index in [1.165, 1.54) is 22.2 Å². The van der Waals surface area contributed by atoms with Gasteiger partial charge in [0.15, 0.2) is 0 Å². The van der Waals surface area contributed by atoms with E-state index < -0.39 is 0 Å². The summed E-state index contributed by atoms with van der Waals surface area (Å²) in [6.45, 7) is 7.42. The maximum Gasteiger partial charge on any atom is 0.0701 e. The third-order valence-corrected chi connectivity index (χ3v) is 4.57. The topological polar surface area (TPSA) is 29.3 Å². The van der Waals surface area contributed by atoms with Crippen molar-refractivity contribution in [1.29, 1.82) is 0 Å². The molecule has 0 fully saturated rings. The molecular formula is C13H23BrN2S. The average Bonchev–Trinajstić information content (AvgIpc) is 2.63. The van der Waals surface area contributed by atoms with Gasteiger partial charge in [0.1, 0.15) is 0 Å². The Bertz CT molecular complexity index is 336. The predicted molar refractivity (Wildman–Crippen MR) is 80.4 cm³/mol. The van der Waals surface area contributed by atoms with E-state index in [1.54, 1.807) is 11.3 Å². The van der Waals surface area contributed by atoms with Gasteiger partial charge in [-0.1, -0.05) is 13.8 Å². The van der Waals surface area contributed by atoms with Crippen molar-refractivity contribution in [3.05, 3.63) is 20.8 Å². The lowest BCUT2D eigenvalue weighted by Crippen LogP contribution is -2.26. The summed E-state index contributed by atoms with van der Waals surface area (Å²) in [5, 5.41) is 2.21. The molecule has 0 saturated carbocycles. The second kappa shape index (κ2) is 6.88. The van der Waals surface area contributed by atoms with Crippen LogP contribution in [0.1, 0.15) is 32.3 Å². The number of thiophene rings is 1. The molecule has 0 spiro atoms. The van der Waals surface area contributed by atoms with Gasteiger partial charge in [0, 0.05) is 6.54 Å². The Morgan fingerprint density at radius 3 is 2.71 bits per heavy atom. The van der Waals surface area contributed by atoms with Gasteiger partial charge in [-0.2, -0.15) is 0 Å². The van der Waals surface area contributed by atoms with E-state index in [9.17, 15) is 0 Å². The molecule has 0 saturated heterocycles. The fraction of sp³-hybridized carbons (Fsp3) is 0.692. The van der Waals surface area contributed by atoms with Crippen LogP contribution < -0.4 is 5.73 Å². The van der Waals surface area contributed by atoms with Gasteiger partial charge >= 0.3 is 0 Å². The Morgan fingerprint density at radius 1 is 1.47 bits per heavy atom. The van der Waals surface area contributed by atoms with E-state index >= 15 is 0 Å². The van der Waals surface area contributed by atoms with Crippen molar-refractivity contribution >= 4 is 27.3 Å².